The molecule has 122 valence electrons. The Morgan fingerprint density at radius 1 is 1.12 bits per heavy atom. The van der Waals surface area contributed by atoms with Crippen molar-refractivity contribution in [3.05, 3.63) is 70.2 Å². The van der Waals surface area contributed by atoms with Crippen LogP contribution in [0.3, 0.4) is 0 Å². The third-order valence-corrected chi connectivity index (χ3v) is 3.95. The molecule has 0 atom stereocenters. The normalized spacial score (nSPS) is 13.6. The number of imide groups is 1. The maximum absolute atomic E-state index is 12.4. The number of amides is 2. The molecule has 5 nitrogen and oxygen atoms in total. The number of carbonyl (C=O) groups excluding carboxylic acids is 3. The van der Waals surface area contributed by atoms with Gasteiger partial charge in [-0.15, -0.1) is 0 Å². The van der Waals surface area contributed by atoms with Gasteiger partial charge in [-0.2, -0.15) is 0 Å². The highest BCUT2D eigenvalue weighted by molar-refractivity contribution is 6.30. The van der Waals surface area contributed by atoms with Crippen LogP contribution in [0.4, 0.5) is 0 Å². The van der Waals surface area contributed by atoms with E-state index in [-0.39, 0.29) is 13.0 Å². The van der Waals surface area contributed by atoms with Gasteiger partial charge in [0, 0.05) is 10.6 Å². The Morgan fingerprint density at radius 3 is 2.71 bits per heavy atom. The van der Waals surface area contributed by atoms with Crippen molar-refractivity contribution < 1.29 is 19.1 Å². The Hall–Kier alpha value is -2.66. The summed E-state index contributed by atoms with van der Waals surface area (Å²) in [6.45, 7) is -0.362. The van der Waals surface area contributed by atoms with E-state index in [0.717, 1.165) is 10.5 Å². The van der Waals surface area contributed by atoms with Crippen LogP contribution in [0.25, 0.3) is 0 Å². The van der Waals surface area contributed by atoms with E-state index in [9.17, 15) is 14.4 Å². The Morgan fingerprint density at radius 2 is 1.92 bits per heavy atom. The molecule has 1 aliphatic rings. The molecule has 2 aromatic rings. The molecule has 0 aromatic heterocycles. The number of esters is 1. The van der Waals surface area contributed by atoms with Crippen LogP contribution in [0.2, 0.25) is 5.02 Å². The molecule has 0 radical (unpaired) electrons. The fourth-order valence-electron chi connectivity index (χ4n) is 2.53. The van der Waals surface area contributed by atoms with Crippen molar-refractivity contribution in [3.63, 3.8) is 0 Å². The van der Waals surface area contributed by atoms with Crippen molar-refractivity contribution >= 4 is 29.4 Å². The number of carbonyl (C=O) groups is 3. The van der Waals surface area contributed by atoms with Crippen LogP contribution in [-0.2, 0) is 27.4 Å². The molecular weight excluding hydrogens is 330 g/mol. The first kappa shape index (κ1) is 16.2. The third kappa shape index (κ3) is 3.46. The molecule has 24 heavy (non-hydrogen) atoms. The topological polar surface area (TPSA) is 63.7 Å². The number of benzene rings is 2. The van der Waals surface area contributed by atoms with Crippen LogP contribution < -0.4 is 0 Å². The molecule has 2 amide bonds. The summed E-state index contributed by atoms with van der Waals surface area (Å²) in [4.78, 5) is 37.4. The molecular formula is C18H14ClNO4. The van der Waals surface area contributed by atoms with Crippen molar-refractivity contribution in [2.75, 3.05) is 6.54 Å². The van der Waals surface area contributed by atoms with Crippen LogP contribution in [0.5, 0.6) is 0 Å². The molecule has 0 fully saturated rings. The molecule has 0 unspecified atom stereocenters. The van der Waals surface area contributed by atoms with E-state index >= 15 is 0 Å². The number of hydrogen-bond donors (Lipinski definition) is 0. The summed E-state index contributed by atoms with van der Waals surface area (Å²) in [5, 5.41) is 0.543. The van der Waals surface area contributed by atoms with Gasteiger partial charge in [0.25, 0.3) is 5.91 Å². The van der Waals surface area contributed by atoms with E-state index in [2.05, 4.69) is 0 Å². The van der Waals surface area contributed by atoms with E-state index in [1.165, 1.54) is 0 Å². The highest BCUT2D eigenvalue weighted by Gasteiger charge is 2.32. The second kappa shape index (κ2) is 6.84. The van der Waals surface area contributed by atoms with Gasteiger partial charge in [0.2, 0.25) is 5.91 Å². The zero-order valence-electron chi connectivity index (χ0n) is 12.7. The lowest BCUT2D eigenvalue weighted by molar-refractivity contribution is -0.149. The standard InChI is InChI=1S/C18H14ClNO4/c19-14-6-3-4-12(8-14)11-24-17(22)10-20-16(21)9-13-5-1-2-7-15(13)18(20)23/h1-8H,9-11H2. The number of rotatable bonds is 4. The van der Waals surface area contributed by atoms with Crippen LogP contribution in [0.1, 0.15) is 21.5 Å². The van der Waals surface area contributed by atoms with E-state index in [1.807, 2.05) is 0 Å². The van der Waals surface area contributed by atoms with Gasteiger partial charge < -0.3 is 4.74 Å². The fraction of sp³-hybridized carbons (Fsp3) is 0.167. The third-order valence-electron chi connectivity index (χ3n) is 3.71. The van der Waals surface area contributed by atoms with Gasteiger partial charge >= 0.3 is 5.97 Å². The number of ether oxygens (including phenoxy) is 1. The van der Waals surface area contributed by atoms with Gasteiger partial charge in [-0.3, -0.25) is 19.3 Å². The maximum atomic E-state index is 12.4. The maximum Gasteiger partial charge on any atom is 0.326 e. The van der Waals surface area contributed by atoms with Gasteiger partial charge in [0.15, 0.2) is 0 Å². The molecule has 2 aromatic carbocycles. The molecule has 3 rings (SSSR count). The molecule has 0 spiro atoms. The zero-order chi connectivity index (χ0) is 17.1. The molecule has 6 heteroatoms. The fourth-order valence-corrected chi connectivity index (χ4v) is 2.74. The first-order valence-electron chi connectivity index (χ1n) is 7.37. The molecule has 1 heterocycles. The van der Waals surface area contributed by atoms with Crippen molar-refractivity contribution in [1.29, 1.82) is 0 Å². The SMILES string of the molecule is O=C(CN1C(=O)Cc2ccccc2C1=O)OCc1cccc(Cl)c1. The van der Waals surface area contributed by atoms with Crippen molar-refractivity contribution in [2.24, 2.45) is 0 Å². The summed E-state index contributed by atoms with van der Waals surface area (Å²) in [7, 11) is 0. The Balaban J connectivity index is 1.64. The predicted molar refractivity (Wildman–Crippen MR) is 87.4 cm³/mol. The minimum Gasteiger partial charge on any atom is -0.459 e. The summed E-state index contributed by atoms with van der Waals surface area (Å²) in [5.74, 6) is -1.52. The van der Waals surface area contributed by atoms with E-state index in [0.29, 0.717) is 16.1 Å². The molecule has 0 saturated carbocycles. The average Bonchev–Trinajstić information content (AvgIpc) is 2.57. The highest BCUT2D eigenvalue weighted by Crippen LogP contribution is 2.19. The van der Waals surface area contributed by atoms with Crippen LogP contribution >= 0.6 is 11.6 Å². The smallest absolute Gasteiger partial charge is 0.326 e. The molecule has 0 bridgehead atoms. The first-order chi connectivity index (χ1) is 11.5. The monoisotopic (exact) mass is 343 g/mol. The van der Waals surface area contributed by atoms with Crippen LogP contribution in [0, 0.1) is 0 Å². The summed E-state index contributed by atoms with van der Waals surface area (Å²) in [6.07, 6.45) is 0.101. The lowest BCUT2D eigenvalue weighted by Gasteiger charge is -2.25. The summed E-state index contributed by atoms with van der Waals surface area (Å²) >= 11 is 5.86. The van der Waals surface area contributed by atoms with Crippen molar-refractivity contribution in [1.82, 2.24) is 4.90 Å². The second-order valence-electron chi connectivity index (χ2n) is 5.41. The Bertz CT molecular complexity index is 818. The van der Waals surface area contributed by atoms with Crippen molar-refractivity contribution in [3.8, 4) is 0 Å². The van der Waals surface area contributed by atoms with Crippen molar-refractivity contribution in [2.45, 2.75) is 13.0 Å². The molecule has 0 N–H and O–H groups in total. The quantitative estimate of drug-likeness (QED) is 0.632. The van der Waals surface area contributed by atoms with Crippen LogP contribution in [-0.4, -0.2) is 29.2 Å². The number of halogens is 1. The molecule has 0 saturated heterocycles. The molecule has 0 aliphatic carbocycles. The lowest BCUT2D eigenvalue weighted by atomic mass is 9.98. The zero-order valence-corrected chi connectivity index (χ0v) is 13.5. The Kier molecular flexibility index (Phi) is 4.62. The van der Waals surface area contributed by atoms with Gasteiger partial charge in [-0.1, -0.05) is 41.9 Å². The lowest BCUT2D eigenvalue weighted by Crippen LogP contribution is -2.45. The van der Waals surface area contributed by atoms with Gasteiger partial charge in [0.05, 0.1) is 6.42 Å². The predicted octanol–water partition coefficient (Wildman–Crippen LogP) is 2.61. The van der Waals surface area contributed by atoms with Gasteiger partial charge in [-0.05, 0) is 29.3 Å². The number of hydrogen-bond acceptors (Lipinski definition) is 4. The van der Waals surface area contributed by atoms with Crippen LogP contribution in [0.15, 0.2) is 48.5 Å². The van der Waals surface area contributed by atoms with Gasteiger partial charge in [0.1, 0.15) is 13.2 Å². The van der Waals surface area contributed by atoms with Gasteiger partial charge in [-0.25, -0.2) is 0 Å². The second-order valence-corrected chi connectivity index (χ2v) is 5.85. The minimum atomic E-state index is -0.643. The molecule has 1 aliphatic heterocycles. The number of fused-ring (bicyclic) bond motifs is 1. The summed E-state index contributed by atoms with van der Waals surface area (Å²) < 4.78 is 5.13. The van der Waals surface area contributed by atoms with E-state index in [1.54, 1.807) is 48.5 Å². The first-order valence-corrected chi connectivity index (χ1v) is 7.75. The highest BCUT2D eigenvalue weighted by atomic mass is 35.5. The van der Waals surface area contributed by atoms with E-state index in [4.69, 9.17) is 16.3 Å². The number of nitrogens with zero attached hydrogens (tertiary/aromatic N) is 1. The van der Waals surface area contributed by atoms with E-state index < -0.39 is 24.3 Å². The minimum absolute atomic E-state index is 0.0339. The Labute approximate surface area is 143 Å². The average molecular weight is 344 g/mol. The summed E-state index contributed by atoms with van der Waals surface area (Å²) in [5.41, 5.74) is 1.85. The summed E-state index contributed by atoms with van der Waals surface area (Å²) in [6, 6.07) is 13.8. The largest absolute Gasteiger partial charge is 0.459 e.